The molecule has 0 aliphatic carbocycles. The van der Waals surface area contributed by atoms with E-state index in [4.69, 9.17) is 15.9 Å². The van der Waals surface area contributed by atoms with E-state index in [9.17, 15) is 4.39 Å². The second kappa shape index (κ2) is 5.44. The number of anilines is 2. The van der Waals surface area contributed by atoms with Gasteiger partial charge < -0.3 is 15.4 Å². The largest absolute Gasteiger partial charge is 0.491 e. The monoisotopic (exact) mass is 285 g/mol. The molecule has 0 aromatic heterocycles. The molecule has 5 heteroatoms. The Morgan fingerprint density at radius 2 is 2.00 bits per heavy atom. The first kappa shape index (κ1) is 13.4. The summed E-state index contributed by atoms with van der Waals surface area (Å²) in [5.74, 6) is 0.240. The molecule has 108 valence electrons. The molecule has 3 N–H and O–H groups in total. The number of nitrogens with one attached hydrogen (secondary N) is 1. The van der Waals surface area contributed by atoms with E-state index in [2.05, 4.69) is 0 Å². The number of hydrogen-bond donors (Lipinski definition) is 2. The SMILES string of the molecule is N=C(N)c1cc(F)ccc1N1CCCOc2ccccc21. The molecule has 0 spiro atoms. The van der Waals surface area contributed by atoms with Gasteiger partial charge in [-0.05, 0) is 36.8 Å². The number of nitrogen functional groups attached to an aromatic ring is 1. The summed E-state index contributed by atoms with van der Waals surface area (Å²) >= 11 is 0. The lowest BCUT2D eigenvalue weighted by atomic mass is 10.1. The quantitative estimate of drug-likeness (QED) is 0.658. The van der Waals surface area contributed by atoms with E-state index in [1.165, 1.54) is 12.1 Å². The van der Waals surface area contributed by atoms with Crippen LogP contribution in [0.2, 0.25) is 0 Å². The molecule has 21 heavy (non-hydrogen) atoms. The third-order valence-corrected chi connectivity index (χ3v) is 3.48. The molecule has 2 aromatic rings. The summed E-state index contributed by atoms with van der Waals surface area (Å²) in [6.07, 6.45) is 0.837. The van der Waals surface area contributed by atoms with Gasteiger partial charge in [-0.1, -0.05) is 12.1 Å². The zero-order chi connectivity index (χ0) is 14.8. The van der Waals surface area contributed by atoms with Crippen LogP contribution in [0.4, 0.5) is 15.8 Å². The first-order chi connectivity index (χ1) is 10.2. The first-order valence-electron chi connectivity index (χ1n) is 6.80. The Labute approximate surface area is 122 Å². The third kappa shape index (κ3) is 2.54. The summed E-state index contributed by atoms with van der Waals surface area (Å²) < 4.78 is 19.2. The fraction of sp³-hybridized carbons (Fsp3) is 0.188. The second-order valence-corrected chi connectivity index (χ2v) is 4.90. The van der Waals surface area contributed by atoms with Gasteiger partial charge in [-0.2, -0.15) is 0 Å². The van der Waals surface area contributed by atoms with Gasteiger partial charge in [0.15, 0.2) is 0 Å². The fourth-order valence-electron chi connectivity index (χ4n) is 2.54. The number of hydrogen-bond acceptors (Lipinski definition) is 3. The highest BCUT2D eigenvalue weighted by atomic mass is 19.1. The normalized spacial score (nSPS) is 14.0. The van der Waals surface area contributed by atoms with E-state index in [0.717, 1.165) is 30.1 Å². The number of amidine groups is 1. The summed E-state index contributed by atoms with van der Waals surface area (Å²) in [6, 6.07) is 12.0. The van der Waals surface area contributed by atoms with E-state index >= 15 is 0 Å². The average Bonchev–Trinajstić information content (AvgIpc) is 2.69. The maximum absolute atomic E-state index is 13.5. The van der Waals surface area contributed by atoms with Crippen molar-refractivity contribution in [3.05, 3.63) is 53.8 Å². The Morgan fingerprint density at radius 3 is 2.81 bits per heavy atom. The van der Waals surface area contributed by atoms with Gasteiger partial charge in [0.1, 0.15) is 17.4 Å². The molecule has 2 aromatic carbocycles. The Morgan fingerprint density at radius 1 is 1.19 bits per heavy atom. The standard InChI is InChI=1S/C16H16FN3O/c17-11-6-7-13(12(10-11)16(18)19)20-8-3-9-21-15-5-2-1-4-14(15)20/h1-2,4-7,10H,3,8-9H2,(H3,18,19). The molecule has 0 fully saturated rings. The number of para-hydroxylation sites is 2. The van der Waals surface area contributed by atoms with Crippen LogP contribution in [-0.2, 0) is 0 Å². The van der Waals surface area contributed by atoms with Crippen LogP contribution in [-0.4, -0.2) is 19.0 Å². The summed E-state index contributed by atoms with van der Waals surface area (Å²) in [5.41, 5.74) is 7.63. The third-order valence-electron chi connectivity index (χ3n) is 3.48. The van der Waals surface area contributed by atoms with Crippen molar-refractivity contribution in [3.63, 3.8) is 0 Å². The number of halogens is 1. The molecule has 0 amide bonds. The van der Waals surface area contributed by atoms with Crippen molar-refractivity contribution >= 4 is 17.2 Å². The average molecular weight is 285 g/mol. The van der Waals surface area contributed by atoms with Gasteiger partial charge in [0.25, 0.3) is 0 Å². The van der Waals surface area contributed by atoms with Crippen LogP contribution in [0.15, 0.2) is 42.5 Å². The van der Waals surface area contributed by atoms with Gasteiger partial charge in [0.2, 0.25) is 0 Å². The van der Waals surface area contributed by atoms with Gasteiger partial charge in [0.05, 0.1) is 18.0 Å². The minimum Gasteiger partial charge on any atom is -0.491 e. The highest BCUT2D eigenvalue weighted by Gasteiger charge is 2.20. The number of nitrogens with zero attached hydrogens (tertiary/aromatic N) is 1. The topological polar surface area (TPSA) is 62.3 Å². The highest BCUT2D eigenvalue weighted by Crippen LogP contribution is 2.37. The van der Waals surface area contributed by atoms with E-state index < -0.39 is 5.82 Å². The maximum atomic E-state index is 13.5. The number of ether oxygens (including phenoxy) is 1. The molecule has 0 atom stereocenters. The summed E-state index contributed by atoms with van der Waals surface area (Å²) in [4.78, 5) is 2.03. The molecule has 1 aliphatic heterocycles. The lowest BCUT2D eigenvalue weighted by molar-refractivity contribution is 0.322. The van der Waals surface area contributed by atoms with E-state index in [-0.39, 0.29) is 5.84 Å². The molecule has 4 nitrogen and oxygen atoms in total. The summed E-state index contributed by atoms with van der Waals surface area (Å²) in [7, 11) is 0. The van der Waals surface area contributed by atoms with Crippen molar-refractivity contribution in [1.82, 2.24) is 0 Å². The second-order valence-electron chi connectivity index (χ2n) is 4.90. The van der Waals surface area contributed by atoms with Gasteiger partial charge >= 0.3 is 0 Å². The van der Waals surface area contributed by atoms with Crippen LogP contribution in [0.3, 0.4) is 0 Å². The Hall–Kier alpha value is -2.56. The van der Waals surface area contributed by atoms with Crippen LogP contribution < -0.4 is 15.4 Å². The molecule has 1 heterocycles. The summed E-state index contributed by atoms with van der Waals surface area (Å²) in [6.45, 7) is 1.35. The molecule has 0 saturated heterocycles. The lowest BCUT2D eigenvalue weighted by Crippen LogP contribution is -2.23. The summed E-state index contributed by atoms with van der Waals surface area (Å²) in [5, 5.41) is 7.68. The zero-order valence-electron chi connectivity index (χ0n) is 11.5. The number of nitrogens with two attached hydrogens (primary N) is 1. The van der Waals surface area contributed by atoms with Crippen molar-refractivity contribution in [1.29, 1.82) is 5.41 Å². The predicted octanol–water partition coefficient (Wildman–Crippen LogP) is 3.03. The van der Waals surface area contributed by atoms with E-state index in [1.807, 2.05) is 29.2 Å². The Balaban J connectivity index is 2.14. The lowest BCUT2D eigenvalue weighted by Gasteiger charge is -2.26. The van der Waals surface area contributed by atoms with Crippen LogP contribution >= 0.6 is 0 Å². The number of rotatable bonds is 2. The molecule has 0 saturated carbocycles. The first-order valence-corrected chi connectivity index (χ1v) is 6.80. The predicted molar refractivity (Wildman–Crippen MR) is 81.0 cm³/mol. The van der Waals surface area contributed by atoms with E-state index in [1.54, 1.807) is 6.07 Å². The number of fused-ring (bicyclic) bond motifs is 1. The van der Waals surface area contributed by atoms with Gasteiger partial charge in [-0.25, -0.2) is 4.39 Å². The minimum absolute atomic E-state index is 0.146. The molecular formula is C16H16FN3O. The maximum Gasteiger partial charge on any atom is 0.142 e. The van der Waals surface area contributed by atoms with Crippen LogP contribution in [0.25, 0.3) is 0 Å². The number of benzene rings is 2. The Bertz CT molecular complexity index is 687. The smallest absolute Gasteiger partial charge is 0.142 e. The van der Waals surface area contributed by atoms with Crippen molar-refractivity contribution < 1.29 is 9.13 Å². The van der Waals surface area contributed by atoms with Gasteiger partial charge in [-0.3, -0.25) is 5.41 Å². The van der Waals surface area contributed by atoms with Crippen LogP contribution in [0, 0.1) is 11.2 Å². The van der Waals surface area contributed by atoms with Gasteiger partial charge in [-0.15, -0.1) is 0 Å². The van der Waals surface area contributed by atoms with E-state index in [0.29, 0.717) is 12.2 Å². The highest BCUT2D eigenvalue weighted by molar-refractivity contribution is 6.01. The molecule has 3 rings (SSSR count). The van der Waals surface area contributed by atoms with Crippen molar-refractivity contribution in [2.75, 3.05) is 18.1 Å². The Kier molecular flexibility index (Phi) is 3.48. The van der Waals surface area contributed by atoms with Crippen molar-refractivity contribution in [2.45, 2.75) is 6.42 Å². The van der Waals surface area contributed by atoms with Crippen LogP contribution in [0.5, 0.6) is 5.75 Å². The molecule has 0 radical (unpaired) electrons. The molecule has 1 aliphatic rings. The van der Waals surface area contributed by atoms with Gasteiger partial charge in [0, 0.05) is 12.1 Å². The zero-order valence-corrected chi connectivity index (χ0v) is 11.5. The van der Waals surface area contributed by atoms with Crippen molar-refractivity contribution in [2.24, 2.45) is 5.73 Å². The van der Waals surface area contributed by atoms with Crippen molar-refractivity contribution in [3.8, 4) is 5.75 Å². The molecule has 0 unspecified atom stereocenters. The fourth-order valence-corrected chi connectivity index (χ4v) is 2.54. The molecule has 0 bridgehead atoms. The molecular weight excluding hydrogens is 269 g/mol. The van der Waals surface area contributed by atoms with Crippen LogP contribution in [0.1, 0.15) is 12.0 Å². The minimum atomic E-state index is -0.400.